The van der Waals surface area contributed by atoms with Gasteiger partial charge in [-0.15, -0.1) is 0 Å². The molecular formula is C10H11Cl2NO2. The zero-order valence-corrected chi connectivity index (χ0v) is 9.95. The van der Waals surface area contributed by atoms with Crippen LogP contribution < -0.4 is 5.73 Å². The highest BCUT2D eigenvalue weighted by Gasteiger charge is 2.18. The van der Waals surface area contributed by atoms with Crippen molar-refractivity contribution in [3.05, 3.63) is 27.2 Å². The summed E-state index contributed by atoms with van der Waals surface area (Å²) in [5.74, 6) is -0.528. The van der Waals surface area contributed by atoms with Crippen LogP contribution in [-0.4, -0.2) is 12.6 Å². The summed E-state index contributed by atoms with van der Waals surface area (Å²) in [5.41, 5.74) is 6.69. The van der Waals surface area contributed by atoms with Crippen LogP contribution >= 0.6 is 23.2 Å². The topological polar surface area (TPSA) is 52.3 Å². The number of esters is 1. The molecule has 1 rings (SSSR count). The van der Waals surface area contributed by atoms with Crippen molar-refractivity contribution in [1.82, 2.24) is 0 Å². The van der Waals surface area contributed by atoms with Gasteiger partial charge in [0.05, 0.1) is 11.6 Å². The number of anilines is 1. The highest BCUT2D eigenvalue weighted by atomic mass is 35.5. The van der Waals surface area contributed by atoms with Gasteiger partial charge in [0.15, 0.2) is 0 Å². The van der Waals surface area contributed by atoms with Crippen LogP contribution in [0.25, 0.3) is 0 Å². The van der Waals surface area contributed by atoms with E-state index in [0.717, 1.165) is 0 Å². The Morgan fingerprint density at radius 3 is 2.67 bits per heavy atom. The molecule has 0 radical (unpaired) electrons. The average molecular weight is 248 g/mol. The number of hydrogen-bond acceptors (Lipinski definition) is 3. The van der Waals surface area contributed by atoms with Gasteiger partial charge in [0, 0.05) is 10.7 Å². The first-order chi connectivity index (χ1) is 6.99. The monoisotopic (exact) mass is 247 g/mol. The molecule has 15 heavy (non-hydrogen) atoms. The number of carbonyl (C=O) groups excluding carboxylic acids is 1. The van der Waals surface area contributed by atoms with Gasteiger partial charge >= 0.3 is 5.97 Å². The fourth-order valence-corrected chi connectivity index (χ4v) is 1.70. The molecule has 2 N–H and O–H groups in total. The molecule has 0 aliphatic carbocycles. The smallest absolute Gasteiger partial charge is 0.341 e. The van der Waals surface area contributed by atoms with Crippen LogP contribution in [0.2, 0.25) is 10.0 Å². The van der Waals surface area contributed by atoms with Crippen LogP contribution in [0.15, 0.2) is 6.07 Å². The van der Waals surface area contributed by atoms with Gasteiger partial charge in [-0.3, -0.25) is 0 Å². The summed E-state index contributed by atoms with van der Waals surface area (Å²) >= 11 is 11.8. The summed E-state index contributed by atoms with van der Waals surface area (Å²) in [5, 5.41) is 0.684. The third kappa shape index (κ3) is 2.36. The molecule has 0 aliphatic heterocycles. The van der Waals surface area contributed by atoms with Gasteiger partial charge in [-0.1, -0.05) is 23.2 Å². The largest absolute Gasteiger partial charge is 0.462 e. The van der Waals surface area contributed by atoms with Crippen molar-refractivity contribution in [3.63, 3.8) is 0 Å². The van der Waals surface area contributed by atoms with Crippen molar-refractivity contribution in [1.29, 1.82) is 0 Å². The number of halogens is 2. The van der Waals surface area contributed by atoms with Gasteiger partial charge in [-0.25, -0.2) is 4.79 Å². The molecule has 0 atom stereocenters. The molecule has 0 amide bonds. The van der Waals surface area contributed by atoms with E-state index >= 15 is 0 Å². The Balaban J connectivity index is 3.29. The van der Waals surface area contributed by atoms with E-state index in [1.807, 2.05) is 0 Å². The first-order valence-corrected chi connectivity index (χ1v) is 5.15. The number of hydrogen-bond donors (Lipinski definition) is 1. The Hall–Kier alpha value is -0.930. The molecule has 0 unspecified atom stereocenters. The first-order valence-electron chi connectivity index (χ1n) is 4.40. The van der Waals surface area contributed by atoms with Gasteiger partial charge in [0.2, 0.25) is 0 Å². The molecule has 0 aliphatic rings. The minimum atomic E-state index is -0.528. The number of ether oxygens (including phenoxy) is 1. The minimum Gasteiger partial charge on any atom is -0.462 e. The SMILES string of the molecule is CCOC(=O)c1c(N)cc(Cl)c(C)c1Cl. The van der Waals surface area contributed by atoms with Crippen molar-refractivity contribution in [2.45, 2.75) is 13.8 Å². The fraction of sp³-hybridized carbons (Fsp3) is 0.300. The number of nitrogens with two attached hydrogens (primary N) is 1. The van der Waals surface area contributed by atoms with Gasteiger partial charge in [-0.05, 0) is 25.5 Å². The zero-order chi connectivity index (χ0) is 11.6. The average Bonchev–Trinajstić information content (AvgIpc) is 2.15. The van der Waals surface area contributed by atoms with Crippen LogP contribution in [0.4, 0.5) is 5.69 Å². The summed E-state index contributed by atoms with van der Waals surface area (Å²) in [7, 11) is 0. The van der Waals surface area contributed by atoms with Crippen molar-refractivity contribution >= 4 is 34.9 Å². The standard InChI is InChI=1S/C10H11Cl2NO2/c1-3-15-10(14)8-7(13)4-6(11)5(2)9(8)12/h4H,3,13H2,1-2H3. The van der Waals surface area contributed by atoms with Crippen LogP contribution in [0.1, 0.15) is 22.8 Å². The normalized spacial score (nSPS) is 10.1. The van der Waals surface area contributed by atoms with Gasteiger partial charge in [-0.2, -0.15) is 0 Å². The third-order valence-corrected chi connectivity index (χ3v) is 2.82. The Labute approximate surface area is 98.1 Å². The molecule has 1 aromatic rings. The van der Waals surface area contributed by atoms with Crippen LogP contribution in [0.3, 0.4) is 0 Å². The quantitative estimate of drug-likeness (QED) is 0.646. The van der Waals surface area contributed by atoms with Crippen LogP contribution in [0, 0.1) is 6.92 Å². The summed E-state index contributed by atoms with van der Waals surface area (Å²) in [6, 6.07) is 1.50. The second-order valence-electron chi connectivity index (χ2n) is 2.98. The lowest BCUT2D eigenvalue weighted by Crippen LogP contribution is -2.09. The Morgan fingerprint density at radius 2 is 2.13 bits per heavy atom. The molecule has 0 aromatic heterocycles. The predicted octanol–water partition coefficient (Wildman–Crippen LogP) is 3.06. The Morgan fingerprint density at radius 1 is 1.53 bits per heavy atom. The molecule has 0 bridgehead atoms. The van der Waals surface area contributed by atoms with Crippen LogP contribution in [0.5, 0.6) is 0 Å². The summed E-state index contributed by atoms with van der Waals surface area (Å²) in [6.07, 6.45) is 0. The second kappa shape index (κ2) is 4.73. The van der Waals surface area contributed by atoms with E-state index in [2.05, 4.69) is 0 Å². The van der Waals surface area contributed by atoms with Gasteiger partial charge in [0.1, 0.15) is 5.56 Å². The molecule has 0 spiro atoms. The molecule has 1 aromatic carbocycles. The lowest BCUT2D eigenvalue weighted by atomic mass is 10.1. The lowest BCUT2D eigenvalue weighted by Gasteiger charge is -2.10. The third-order valence-electron chi connectivity index (χ3n) is 1.96. The van der Waals surface area contributed by atoms with E-state index in [0.29, 0.717) is 10.6 Å². The number of carbonyl (C=O) groups is 1. The Kier molecular flexibility index (Phi) is 3.83. The molecule has 0 saturated carbocycles. The second-order valence-corrected chi connectivity index (χ2v) is 3.77. The summed E-state index contributed by atoms with van der Waals surface area (Å²) in [4.78, 5) is 11.5. The van der Waals surface area contributed by atoms with Crippen molar-refractivity contribution in [3.8, 4) is 0 Å². The molecule has 0 heterocycles. The highest BCUT2D eigenvalue weighted by Crippen LogP contribution is 2.32. The highest BCUT2D eigenvalue weighted by molar-refractivity contribution is 6.38. The zero-order valence-electron chi connectivity index (χ0n) is 8.43. The first kappa shape index (κ1) is 12.1. The molecule has 0 fully saturated rings. The number of benzene rings is 1. The lowest BCUT2D eigenvalue weighted by molar-refractivity contribution is 0.0528. The summed E-state index contributed by atoms with van der Waals surface area (Å²) in [6.45, 7) is 3.70. The van der Waals surface area contributed by atoms with Gasteiger partial charge in [0.25, 0.3) is 0 Å². The minimum absolute atomic E-state index is 0.181. The van der Waals surface area contributed by atoms with Crippen molar-refractivity contribution in [2.24, 2.45) is 0 Å². The van der Waals surface area contributed by atoms with E-state index < -0.39 is 5.97 Å². The summed E-state index contributed by atoms with van der Waals surface area (Å²) < 4.78 is 4.84. The molecular weight excluding hydrogens is 237 g/mol. The maximum atomic E-state index is 11.5. The van der Waals surface area contributed by atoms with E-state index in [-0.39, 0.29) is 22.9 Å². The number of rotatable bonds is 2. The molecule has 82 valence electrons. The maximum Gasteiger partial charge on any atom is 0.341 e. The Bertz CT molecular complexity index is 405. The van der Waals surface area contributed by atoms with E-state index in [9.17, 15) is 4.79 Å². The van der Waals surface area contributed by atoms with E-state index in [1.54, 1.807) is 13.8 Å². The van der Waals surface area contributed by atoms with Crippen molar-refractivity contribution in [2.75, 3.05) is 12.3 Å². The van der Waals surface area contributed by atoms with Crippen molar-refractivity contribution < 1.29 is 9.53 Å². The van der Waals surface area contributed by atoms with E-state index in [4.69, 9.17) is 33.7 Å². The molecule has 5 heteroatoms. The van der Waals surface area contributed by atoms with Crippen LogP contribution in [-0.2, 0) is 4.74 Å². The molecule has 0 saturated heterocycles. The molecule has 3 nitrogen and oxygen atoms in total. The maximum absolute atomic E-state index is 11.5. The predicted molar refractivity (Wildman–Crippen MR) is 61.6 cm³/mol. The van der Waals surface area contributed by atoms with E-state index in [1.165, 1.54) is 6.07 Å². The van der Waals surface area contributed by atoms with Gasteiger partial charge < -0.3 is 10.5 Å². The number of nitrogen functional groups attached to an aromatic ring is 1. The fourth-order valence-electron chi connectivity index (χ4n) is 1.15.